The van der Waals surface area contributed by atoms with Crippen LogP contribution in [0.4, 0.5) is 17.1 Å². The number of pyridine rings is 5. The van der Waals surface area contributed by atoms with Gasteiger partial charge >= 0.3 is 0 Å². The predicted molar refractivity (Wildman–Crippen MR) is 556 cm³/mol. The molecule has 1 aliphatic heterocycles. The van der Waals surface area contributed by atoms with Crippen LogP contribution in [0.3, 0.4) is 0 Å². The Morgan fingerprint density at radius 2 is 0.703 bits per heavy atom. The van der Waals surface area contributed by atoms with Gasteiger partial charge in [-0.2, -0.15) is 0 Å². The lowest BCUT2D eigenvalue weighted by Gasteiger charge is -2.29. The number of Topliss-reactive ketones (excluding diaryl/α,β-unsaturated/α-hetero) is 4. The fraction of sp³-hybridized carbons (Fsp3) is 0.300. The molecule has 1 saturated carbocycles. The third-order valence-electron chi connectivity index (χ3n) is 28.3. The molecular formula is C120H124N8O10. The number of carbonyl (C=O) groups excluding carboxylic acids is 5. The third-order valence-corrected chi connectivity index (χ3v) is 28.3. The molecule has 0 bridgehead atoms. The molecule has 9 aromatic carbocycles. The van der Waals surface area contributed by atoms with Crippen LogP contribution in [0.5, 0.6) is 0 Å². The van der Waals surface area contributed by atoms with Gasteiger partial charge in [0.25, 0.3) is 27.8 Å². The van der Waals surface area contributed by atoms with E-state index in [0.29, 0.717) is 87.0 Å². The first-order valence-electron chi connectivity index (χ1n) is 48.5. The molecule has 0 radical (unpaired) electrons. The van der Waals surface area contributed by atoms with Crippen molar-refractivity contribution < 1.29 is 24.0 Å². The second-order valence-corrected chi connectivity index (χ2v) is 38.7. The summed E-state index contributed by atoms with van der Waals surface area (Å²) in [6, 6.07) is 73.4. The Morgan fingerprint density at radius 3 is 1.20 bits per heavy atom. The van der Waals surface area contributed by atoms with Crippen molar-refractivity contribution in [3.8, 4) is 55.6 Å². The highest BCUT2D eigenvalue weighted by Crippen LogP contribution is 2.42. The maximum Gasteiger partial charge on any atom is 0.253 e. The minimum absolute atomic E-state index is 0.0247. The van der Waals surface area contributed by atoms with Crippen LogP contribution in [-0.2, 0) is 143 Å². The number of anilines is 3. The number of hydrogen-bond donors (Lipinski definition) is 1. The van der Waals surface area contributed by atoms with Crippen LogP contribution in [-0.4, -0.2) is 72.0 Å². The number of hydrogen-bond acceptors (Lipinski definition) is 12. The average molecular weight is 1840 g/mol. The van der Waals surface area contributed by atoms with Crippen LogP contribution in [0.15, 0.2) is 267 Å². The van der Waals surface area contributed by atoms with Gasteiger partial charge in [0.1, 0.15) is 23.1 Å². The van der Waals surface area contributed by atoms with Gasteiger partial charge in [-0.1, -0.05) is 183 Å². The molecule has 0 unspecified atom stereocenters. The van der Waals surface area contributed by atoms with E-state index in [-0.39, 0.29) is 33.7 Å². The zero-order valence-electron chi connectivity index (χ0n) is 81.6. The molecule has 6 aliphatic rings. The Hall–Kier alpha value is -14.5. The van der Waals surface area contributed by atoms with Gasteiger partial charge in [-0.05, 0) is 292 Å². The van der Waals surface area contributed by atoms with Crippen molar-refractivity contribution >= 4 is 46.1 Å². The molecule has 0 spiro atoms. The number of carbonyl (C=O) groups is 5. The molecule has 1 fully saturated rings. The van der Waals surface area contributed by atoms with Gasteiger partial charge in [0.05, 0.1) is 0 Å². The predicted octanol–water partition coefficient (Wildman–Crippen LogP) is 20.1. The number of amides is 1. The van der Waals surface area contributed by atoms with Crippen molar-refractivity contribution in [3.63, 3.8) is 0 Å². The second kappa shape index (κ2) is 42.8. The second-order valence-electron chi connectivity index (χ2n) is 38.7. The largest absolute Gasteiger partial charge is 0.382 e. The fourth-order valence-corrected chi connectivity index (χ4v) is 20.9. The highest BCUT2D eigenvalue weighted by atomic mass is 16.2. The summed E-state index contributed by atoms with van der Waals surface area (Å²) >= 11 is 0. The minimum atomic E-state index is 0.0247. The summed E-state index contributed by atoms with van der Waals surface area (Å²) in [5.74, 6) is 1.43. The van der Waals surface area contributed by atoms with Crippen molar-refractivity contribution in [2.45, 2.75) is 188 Å². The van der Waals surface area contributed by atoms with Gasteiger partial charge in [0, 0.05) is 196 Å². The number of aromatic nitrogens is 5. The van der Waals surface area contributed by atoms with Crippen LogP contribution in [0, 0.1) is 34.6 Å². The summed E-state index contributed by atoms with van der Waals surface area (Å²) in [6.07, 6.45) is 27.3. The summed E-state index contributed by atoms with van der Waals surface area (Å²) in [6.45, 7) is 10.1. The first-order valence-corrected chi connectivity index (χ1v) is 48.5. The normalized spacial score (nSPS) is 14.3. The molecule has 0 atom stereocenters. The lowest BCUT2D eigenvalue weighted by atomic mass is 9.82. The van der Waals surface area contributed by atoms with Crippen LogP contribution in [0.2, 0.25) is 0 Å². The van der Waals surface area contributed by atoms with Crippen molar-refractivity contribution in [1.29, 1.82) is 0 Å². The monoisotopic (exact) mass is 1840 g/mol. The molecule has 5 aliphatic carbocycles. The minimum Gasteiger partial charge on any atom is -0.382 e. The molecule has 6 heterocycles. The molecule has 18 nitrogen and oxygen atoms in total. The summed E-state index contributed by atoms with van der Waals surface area (Å²) in [7, 11) is 12.9. The Bertz CT molecular complexity index is 7150. The first-order chi connectivity index (χ1) is 66.4. The van der Waals surface area contributed by atoms with E-state index in [0.717, 1.165) is 175 Å². The highest BCUT2D eigenvalue weighted by molar-refractivity contribution is 5.97. The SMILES string of the molecule is Cc1cc(-c2cc3c(c(N(C)Cc4ccccc4)c2)CC(=O)CC3)cn(C)c1=O.Cc1cc(-c2cc3c(c(NC4CCCCC4)c2)CC(=O)CC3)cn(C)c1=O.Cc1cc(-c2cc3c(cc2Cc2ccccc2)CC(=O)CC3)cn(C)c1=O.Cc1cc(-c2ccc3c(c2Cc2ccccc2)CCC(=O)C3)cn(C)c1=O.Cc1cc(-c2ccc3c(c2Cc2ccccc2)CCC(=O)N3C)cn(C)c1=O. The average Bonchev–Trinajstić information content (AvgIpc) is 0.770. The van der Waals surface area contributed by atoms with E-state index in [1.807, 2.05) is 158 Å². The summed E-state index contributed by atoms with van der Waals surface area (Å²) in [4.78, 5) is 125. The van der Waals surface area contributed by atoms with Gasteiger partial charge in [-0.3, -0.25) is 47.9 Å². The van der Waals surface area contributed by atoms with E-state index in [1.165, 1.54) is 104 Å². The van der Waals surface area contributed by atoms with E-state index in [1.54, 1.807) is 63.0 Å². The van der Waals surface area contributed by atoms with Gasteiger partial charge in [0.15, 0.2) is 0 Å². The zero-order chi connectivity index (χ0) is 97.3. The van der Waals surface area contributed by atoms with E-state index in [9.17, 15) is 47.9 Å². The van der Waals surface area contributed by atoms with Gasteiger partial charge in [0.2, 0.25) is 5.91 Å². The summed E-state index contributed by atoms with van der Waals surface area (Å²) < 4.78 is 8.24. The van der Waals surface area contributed by atoms with E-state index in [2.05, 4.69) is 145 Å². The molecule has 704 valence electrons. The first kappa shape index (κ1) is 96.6. The Morgan fingerprint density at radius 1 is 0.312 bits per heavy atom. The van der Waals surface area contributed by atoms with Crippen LogP contribution in [0.1, 0.15) is 181 Å². The van der Waals surface area contributed by atoms with Gasteiger partial charge in [-0.15, -0.1) is 0 Å². The van der Waals surface area contributed by atoms with Crippen molar-refractivity contribution in [2.75, 3.05) is 29.2 Å². The molecule has 18 heteroatoms. The molecular weight excluding hydrogens is 1710 g/mol. The van der Waals surface area contributed by atoms with Crippen molar-refractivity contribution in [1.82, 2.24) is 22.8 Å². The van der Waals surface area contributed by atoms with Crippen LogP contribution in [0.25, 0.3) is 55.6 Å². The van der Waals surface area contributed by atoms with E-state index < -0.39 is 0 Å². The van der Waals surface area contributed by atoms with E-state index in [4.69, 9.17) is 0 Å². The molecule has 20 rings (SSSR count). The molecule has 1 N–H and O–H groups in total. The van der Waals surface area contributed by atoms with Crippen molar-refractivity contribution in [2.24, 2.45) is 35.2 Å². The Labute approximate surface area is 808 Å². The van der Waals surface area contributed by atoms with E-state index >= 15 is 0 Å². The highest BCUT2D eigenvalue weighted by Gasteiger charge is 2.30. The molecule has 14 aromatic rings. The summed E-state index contributed by atoms with van der Waals surface area (Å²) in [5.41, 5.74) is 37.6. The lowest BCUT2D eigenvalue weighted by Crippen LogP contribution is -2.31. The topological polar surface area (TPSA) is 214 Å². The molecule has 138 heavy (non-hydrogen) atoms. The van der Waals surface area contributed by atoms with Gasteiger partial charge in [-0.25, -0.2) is 0 Å². The smallest absolute Gasteiger partial charge is 0.253 e. The Kier molecular flexibility index (Phi) is 30.0. The van der Waals surface area contributed by atoms with Crippen LogP contribution < -0.4 is 42.9 Å². The lowest BCUT2D eigenvalue weighted by molar-refractivity contribution is -0.119. The molecule has 0 saturated heterocycles. The number of fused-ring (bicyclic) bond motifs is 5. The number of aryl methyl sites for hydroxylation is 13. The zero-order valence-corrected chi connectivity index (χ0v) is 81.6. The maximum absolute atomic E-state index is 12.2. The number of nitrogens with one attached hydrogen (secondary N) is 1. The Balaban J connectivity index is 0.000000125. The number of nitrogens with zero attached hydrogens (tertiary/aromatic N) is 7. The quantitative estimate of drug-likeness (QED) is 0.0956. The fourth-order valence-electron chi connectivity index (χ4n) is 20.9. The standard InChI is InChI=1S/C25H26N2O2.C24H24N2O2.2C24H23NO2.C23H28N2O2/c1-17-11-21(16-27(3)25(17)29)20-12-19-9-10-22(28)14-23(19)24(13-20)26(2)15-18-7-5-4-6-8-18;1-16-13-18(15-25(2)24(16)28)19-9-11-22-20(10-12-23(27)26(22)3)21(19)14-17-7-5-4-6-8-17;1-16-12-19(15-25(2)24(16)27)22-10-8-18-14-20(26)9-11-21(18)23(22)13-17-6-4-3-5-7-17;1-16-10-21(15-25(2)24(16)27)23-14-18-8-9-22(26)13-19(18)12-20(23)11-17-6-4-3-5-7-17;1-15-10-18(14-25(2)23(15)27)17-11-16-8-9-20(26)13-21(16)22(12-17)24-19-6-4-3-5-7-19/h4-8,11-13,16H,9-10,14-15H2,1-3H3;4-9,11,13,15H,10,12,14H2,1-3H3;3-8,10,12,15H,9,11,13-14H2,1-2H3;3-7,10,12,14-15H,8-9,11,13H2,1-2H3;10-12,14,19,24H,3-9,13H2,1-2H3. The third kappa shape index (κ3) is 22.4. The molecule has 1 amide bonds. The van der Waals surface area contributed by atoms with Crippen LogP contribution >= 0.6 is 0 Å². The number of benzene rings is 9. The summed E-state index contributed by atoms with van der Waals surface area (Å²) in [5, 5.41) is 3.76. The van der Waals surface area contributed by atoms with Gasteiger partial charge < -0.3 is 38.0 Å². The molecule has 5 aromatic heterocycles. The number of ketones is 4. The maximum atomic E-state index is 12.2. The number of rotatable bonds is 16. The van der Waals surface area contributed by atoms with Crippen molar-refractivity contribution in [3.05, 3.63) is 412 Å².